The molecule has 1 aromatic heterocycles. The number of nitrogens with one attached hydrogen (secondary N) is 1. The van der Waals surface area contributed by atoms with Gasteiger partial charge in [-0.2, -0.15) is 0 Å². The molecule has 140 valence electrons. The van der Waals surface area contributed by atoms with E-state index in [1.54, 1.807) is 7.11 Å². The number of aliphatic carboxylic acids is 1. The summed E-state index contributed by atoms with van der Waals surface area (Å²) in [6, 6.07) is 9.49. The summed E-state index contributed by atoms with van der Waals surface area (Å²) in [5.41, 5.74) is 2.71. The Bertz CT molecular complexity index is 804. The zero-order valence-corrected chi connectivity index (χ0v) is 15.9. The van der Waals surface area contributed by atoms with E-state index in [1.807, 2.05) is 62.6 Å². The molecular formula is C20H26N2O4. The van der Waals surface area contributed by atoms with Crippen molar-refractivity contribution in [2.24, 2.45) is 0 Å². The first-order chi connectivity index (χ1) is 12.1. The molecule has 26 heavy (non-hydrogen) atoms. The maximum atomic E-state index is 12.7. The summed E-state index contributed by atoms with van der Waals surface area (Å²) in [4.78, 5) is 23.5. The summed E-state index contributed by atoms with van der Waals surface area (Å²) in [5.74, 6) is -0.299. The summed E-state index contributed by atoms with van der Waals surface area (Å²) in [6.07, 6.45) is 0.378. The number of carboxylic acids is 1. The third-order valence-electron chi connectivity index (χ3n) is 4.42. The first-order valence-electron chi connectivity index (χ1n) is 8.52. The van der Waals surface area contributed by atoms with Crippen LogP contribution in [0.1, 0.15) is 48.4 Å². The van der Waals surface area contributed by atoms with Gasteiger partial charge in [0.2, 0.25) is 0 Å². The molecule has 0 unspecified atom stereocenters. The maximum Gasteiger partial charge on any atom is 0.303 e. The van der Waals surface area contributed by atoms with Crippen molar-refractivity contribution in [1.29, 1.82) is 0 Å². The number of benzene rings is 1. The number of carbonyl (C=O) groups excluding carboxylic acids is 1. The predicted octanol–water partition coefficient (Wildman–Crippen LogP) is 3.48. The van der Waals surface area contributed by atoms with Crippen molar-refractivity contribution >= 4 is 11.9 Å². The van der Waals surface area contributed by atoms with Crippen LogP contribution < -0.4 is 10.1 Å². The van der Waals surface area contributed by atoms with Crippen molar-refractivity contribution in [1.82, 2.24) is 9.88 Å². The molecule has 6 heteroatoms. The summed E-state index contributed by atoms with van der Waals surface area (Å²) < 4.78 is 7.20. The van der Waals surface area contributed by atoms with Crippen molar-refractivity contribution in [2.45, 2.75) is 46.1 Å². The molecule has 2 rings (SSSR count). The lowest BCUT2D eigenvalue weighted by Gasteiger charge is -2.25. The Morgan fingerprint density at radius 3 is 2.35 bits per heavy atom. The zero-order chi connectivity index (χ0) is 19.5. The van der Waals surface area contributed by atoms with Crippen LogP contribution in [0.5, 0.6) is 5.75 Å². The monoisotopic (exact) mass is 358 g/mol. The molecule has 0 atom stereocenters. The summed E-state index contributed by atoms with van der Waals surface area (Å²) in [5, 5.41) is 11.8. The second kappa shape index (κ2) is 7.64. The van der Waals surface area contributed by atoms with Gasteiger partial charge < -0.3 is 19.7 Å². The molecule has 6 nitrogen and oxygen atoms in total. The Morgan fingerprint density at radius 2 is 1.81 bits per heavy atom. The van der Waals surface area contributed by atoms with Crippen LogP contribution >= 0.6 is 0 Å². The number of rotatable bonds is 7. The number of nitrogens with zero attached hydrogens (tertiary/aromatic N) is 1. The number of carboxylic acid groups (broad SMARTS) is 1. The molecular weight excluding hydrogens is 332 g/mol. The van der Waals surface area contributed by atoms with Crippen molar-refractivity contribution < 1.29 is 19.4 Å². The second-order valence-corrected chi connectivity index (χ2v) is 7.05. The van der Waals surface area contributed by atoms with Gasteiger partial charge in [-0.3, -0.25) is 9.59 Å². The van der Waals surface area contributed by atoms with Gasteiger partial charge in [0.25, 0.3) is 5.91 Å². The molecule has 0 aliphatic heterocycles. The fraction of sp³-hybridized carbons (Fsp3) is 0.400. The van der Waals surface area contributed by atoms with Gasteiger partial charge in [0, 0.05) is 29.0 Å². The Kier molecular flexibility index (Phi) is 5.75. The van der Waals surface area contributed by atoms with Gasteiger partial charge in [-0.25, -0.2) is 0 Å². The van der Waals surface area contributed by atoms with Crippen LogP contribution in [-0.2, 0) is 4.79 Å². The lowest BCUT2D eigenvalue weighted by molar-refractivity contribution is -0.137. The van der Waals surface area contributed by atoms with E-state index in [4.69, 9.17) is 9.84 Å². The number of methoxy groups -OCH3 is 1. The highest BCUT2D eigenvalue weighted by molar-refractivity contribution is 5.96. The largest absolute Gasteiger partial charge is 0.497 e. The Balaban J connectivity index is 2.25. The van der Waals surface area contributed by atoms with Crippen molar-refractivity contribution in [2.75, 3.05) is 7.11 Å². The van der Waals surface area contributed by atoms with Crippen LogP contribution in [-0.4, -0.2) is 34.2 Å². The molecule has 0 saturated heterocycles. The number of carbonyl (C=O) groups is 2. The highest BCUT2D eigenvalue weighted by Gasteiger charge is 2.24. The minimum atomic E-state index is -0.870. The third kappa shape index (κ3) is 4.45. The molecule has 0 spiro atoms. The van der Waals surface area contributed by atoms with Gasteiger partial charge in [0.05, 0.1) is 12.7 Å². The second-order valence-electron chi connectivity index (χ2n) is 7.05. The third-order valence-corrected chi connectivity index (χ3v) is 4.42. The highest BCUT2D eigenvalue weighted by Crippen LogP contribution is 2.23. The average molecular weight is 358 g/mol. The predicted molar refractivity (Wildman–Crippen MR) is 100 cm³/mol. The number of hydrogen-bond acceptors (Lipinski definition) is 3. The van der Waals surface area contributed by atoms with Crippen LogP contribution in [0.4, 0.5) is 0 Å². The van der Waals surface area contributed by atoms with Crippen molar-refractivity contribution in [3.63, 3.8) is 0 Å². The molecule has 1 amide bonds. The standard InChI is InChI=1S/C20H26N2O4/c1-13-12-17(19(25)21-20(3,4)11-10-18(23)24)14(2)22(13)15-6-8-16(26-5)9-7-15/h6-9,12H,10-11H2,1-5H3,(H,21,25)(H,23,24). The summed E-state index contributed by atoms with van der Waals surface area (Å²) >= 11 is 0. The van der Waals surface area contributed by atoms with E-state index in [2.05, 4.69) is 5.32 Å². The van der Waals surface area contributed by atoms with Gasteiger partial charge in [-0.05, 0) is 64.4 Å². The molecule has 1 heterocycles. The summed E-state index contributed by atoms with van der Waals surface area (Å²) in [7, 11) is 1.62. The highest BCUT2D eigenvalue weighted by atomic mass is 16.5. The van der Waals surface area contributed by atoms with E-state index in [0.717, 1.165) is 22.8 Å². The van der Waals surface area contributed by atoms with Crippen LogP contribution in [0.25, 0.3) is 5.69 Å². The molecule has 0 aliphatic rings. The fourth-order valence-corrected chi connectivity index (χ4v) is 2.98. The quantitative estimate of drug-likeness (QED) is 0.794. The van der Waals surface area contributed by atoms with Gasteiger partial charge in [0.1, 0.15) is 5.75 Å². The van der Waals surface area contributed by atoms with E-state index in [9.17, 15) is 9.59 Å². The SMILES string of the molecule is COc1ccc(-n2c(C)cc(C(=O)NC(C)(C)CCC(=O)O)c2C)cc1. The average Bonchev–Trinajstić information content (AvgIpc) is 2.87. The molecule has 0 fully saturated rings. The Morgan fingerprint density at radius 1 is 1.19 bits per heavy atom. The molecule has 0 bridgehead atoms. The van der Waals surface area contributed by atoms with Crippen molar-refractivity contribution in [3.8, 4) is 11.4 Å². The smallest absolute Gasteiger partial charge is 0.303 e. The fourth-order valence-electron chi connectivity index (χ4n) is 2.98. The number of amides is 1. The number of aryl methyl sites for hydroxylation is 1. The molecule has 2 aromatic rings. The minimum Gasteiger partial charge on any atom is -0.497 e. The molecule has 0 saturated carbocycles. The van der Waals surface area contributed by atoms with Gasteiger partial charge in [-0.1, -0.05) is 0 Å². The first-order valence-corrected chi connectivity index (χ1v) is 8.52. The minimum absolute atomic E-state index is 0.0121. The van der Waals surface area contributed by atoms with Gasteiger partial charge in [0.15, 0.2) is 0 Å². The van der Waals surface area contributed by atoms with E-state index in [0.29, 0.717) is 12.0 Å². The molecule has 0 radical (unpaired) electrons. The van der Waals surface area contributed by atoms with E-state index in [1.165, 1.54) is 0 Å². The van der Waals surface area contributed by atoms with Crippen molar-refractivity contribution in [3.05, 3.63) is 47.3 Å². The van der Waals surface area contributed by atoms with Crippen LogP contribution in [0, 0.1) is 13.8 Å². The van der Waals surface area contributed by atoms with E-state index >= 15 is 0 Å². The summed E-state index contributed by atoms with van der Waals surface area (Å²) in [6.45, 7) is 7.51. The first kappa shape index (κ1) is 19.6. The Hall–Kier alpha value is -2.76. The molecule has 1 aromatic carbocycles. The topological polar surface area (TPSA) is 80.6 Å². The van der Waals surface area contributed by atoms with Gasteiger partial charge >= 0.3 is 5.97 Å². The zero-order valence-electron chi connectivity index (χ0n) is 15.9. The maximum absolute atomic E-state index is 12.7. The molecule has 2 N–H and O–H groups in total. The molecule has 0 aliphatic carbocycles. The van der Waals surface area contributed by atoms with Gasteiger partial charge in [-0.15, -0.1) is 0 Å². The van der Waals surface area contributed by atoms with Crippen LogP contribution in [0.2, 0.25) is 0 Å². The lowest BCUT2D eigenvalue weighted by Crippen LogP contribution is -2.43. The van der Waals surface area contributed by atoms with Crippen LogP contribution in [0.3, 0.4) is 0 Å². The Labute approximate surface area is 153 Å². The van der Waals surface area contributed by atoms with E-state index < -0.39 is 11.5 Å². The normalized spacial score (nSPS) is 11.3. The van der Waals surface area contributed by atoms with Crippen LogP contribution in [0.15, 0.2) is 30.3 Å². The number of hydrogen-bond donors (Lipinski definition) is 2. The lowest BCUT2D eigenvalue weighted by atomic mass is 9.98. The number of ether oxygens (including phenoxy) is 1. The van der Waals surface area contributed by atoms with E-state index in [-0.39, 0.29) is 12.3 Å². The number of aromatic nitrogens is 1.